The molecule has 3 nitrogen and oxygen atoms in total. The molecule has 1 atom stereocenters. The number of ether oxygens (including phenoxy) is 2. The molecule has 0 aromatic rings. The minimum absolute atomic E-state index is 0.101. The summed E-state index contributed by atoms with van der Waals surface area (Å²) in [5, 5.41) is 0. The highest BCUT2D eigenvalue weighted by atomic mass is 16.7. The van der Waals surface area contributed by atoms with E-state index >= 15 is 0 Å². The van der Waals surface area contributed by atoms with Crippen LogP contribution >= 0.6 is 0 Å². The van der Waals surface area contributed by atoms with Crippen LogP contribution < -0.4 is 0 Å². The van der Waals surface area contributed by atoms with E-state index in [9.17, 15) is 0 Å². The van der Waals surface area contributed by atoms with E-state index in [0.29, 0.717) is 6.61 Å². The summed E-state index contributed by atoms with van der Waals surface area (Å²) in [7, 11) is 0. The second-order valence-electron chi connectivity index (χ2n) is 1.83. The molecular formula is C5H9O3+. The van der Waals surface area contributed by atoms with Gasteiger partial charge in [-0.15, -0.1) is 0 Å². The fourth-order valence-electron chi connectivity index (χ4n) is 0.577. The Bertz CT molecular complexity index is 99.8. The van der Waals surface area contributed by atoms with E-state index in [2.05, 4.69) is 4.74 Å². The predicted molar refractivity (Wildman–Crippen MR) is 28.1 cm³/mol. The largest absolute Gasteiger partial charge is 0.712 e. The molecule has 1 aliphatic heterocycles. The van der Waals surface area contributed by atoms with Crippen molar-refractivity contribution in [1.82, 2.24) is 0 Å². The number of rotatable bonds is 0. The molecule has 1 heterocycles. The Kier molecular flexibility index (Phi) is 1.37. The van der Waals surface area contributed by atoms with Crippen molar-refractivity contribution >= 4 is 6.16 Å². The van der Waals surface area contributed by atoms with Crippen LogP contribution in [0.1, 0.15) is 13.3 Å². The topological polar surface area (TPSA) is 39.9 Å². The summed E-state index contributed by atoms with van der Waals surface area (Å²) in [6, 6.07) is 0. The maximum Gasteiger partial charge on any atom is 0.712 e. The first-order chi connectivity index (χ1) is 3.79. The van der Waals surface area contributed by atoms with Gasteiger partial charge in [0.1, 0.15) is 0 Å². The molecule has 1 fully saturated rings. The van der Waals surface area contributed by atoms with Crippen LogP contribution in [0.15, 0.2) is 0 Å². The molecule has 0 aromatic heterocycles. The summed E-state index contributed by atoms with van der Waals surface area (Å²) < 4.78 is 9.33. The van der Waals surface area contributed by atoms with Crippen LogP contribution in [0.3, 0.4) is 0 Å². The van der Waals surface area contributed by atoms with Crippen molar-refractivity contribution in [3.63, 3.8) is 0 Å². The van der Waals surface area contributed by atoms with Gasteiger partial charge >= 0.3 is 6.16 Å². The molecule has 3 heteroatoms. The van der Waals surface area contributed by atoms with E-state index in [1.807, 2.05) is 6.92 Å². The lowest BCUT2D eigenvalue weighted by Crippen LogP contribution is -2.25. The maximum absolute atomic E-state index is 8.55. The molecule has 0 aromatic carbocycles. The molecule has 0 radical (unpaired) electrons. The van der Waals surface area contributed by atoms with Crippen LogP contribution in [0.5, 0.6) is 0 Å². The summed E-state index contributed by atoms with van der Waals surface area (Å²) in [4.78, 5) is 8.55. The van der Waals surface area contributed by atoms with Gasteiger partial charge in [-0.25, -0.2) is 0 Å². The second kappa shape index (κ2) is 2.03. The van der Waals surface area contributed by atoms with Gasteiger partial charge in [0, 0.05) is 0 Å². The van der Waals surface area contributed by atoms with Crippen molar-refractivity contribution in [2.45, 2.75) is 19.4 Å². The first-order valence-electron chi connectivity index (χ1n) is 2.64. The first kappa shape index (κ1) is 5.41. The zero-order valence-electron chi connectivity index (χ0n) is 4.76. The molecule has 1 saturated heterocycles. The van der Waals surface area contributed by atoms with Gasteiger partial charge in [0.2, 0.25) is 0 Å². The van der Waals surface area contributed by atoms with Gasteiger partial charge in [0.25, 0.3) is 0 Å². The summed E-state index contributed by atoms with van der Waals surface area (Å²) in [5.74, 6) is 0. The van der Waals surface area contributed by atoms with Crippen LogP contribution in [0.2, 0.25) is 0 Å². The maximum atomic E-state index is 8.55. The quantitative estimate of drug-likeness (QED) is 0.337. The van der Waals surface area contributed by atoms with E-state index < -0.39 is 0 Å². The summed E-state index contributed by atoms with van der Waals surface area (Å²) in [5.41, 5.74) is 0. The summed E-state index contributed by atoms with van der Waals surface area (Å²) >= 11 is 0. The fraction of sp³-hybridized carbons (Fsp3) is 0.800. The highest BCUT2D eigenvalue weighted by Gasteiger charge is 2.26. The molecule has 0 amide bonds. The number of hydrogen-bond donors (Lipinski definition) is 0. The van der Waals surface area contributed by atoms with Crippen molar-refractivity contribution in [3.05, 3.63) is 0 Å². The van der Waals surface area contributed by atoms with Crippen molar-refractivity contribution in [2.24, 2.45) is 0 Å². The number of carbonyl (C=O) groups excluding carboxylic acids is 1. The lowest BCUT2D eigenvalue weighted by molar-refractivity contribution is 0.0296. The smallest absolute Gasteiger partial charge is 0.336 e. The van der Waals surface area contributed by atoms with Crippen molar-refractivity contribution in [2.75, 3.05) is 6.61 Å². The van der Waals surface area contributed by atoms with Crippen LogP contribution in [0.25, 0.3) is 0 Å². The molecule has 1 unspecified atom stereocenters. The summed E-state index contributed by atoms with van der Waals surface area (Å²) in [6.45, 7) is 2.45. The average Bonchev–Trinajstić information content (AvgIpc) is 1.64. The number of cyclic esters (lactones) is 2. The van der Waals surface area contributed by atoms with E-state index in [4.69, 9.17) is 9.53 Å². The van der Waals surface area contributed by atoms with Crippen molar-refractivity contribution in [3.8, 4) is 0 Å². The van der Waals surface area contributed by atoms with Crippen LogP contribution in [-0.2, 0) is 9.47 Å². The lowest BCUT2D eigenvalue weighted by atomic mass is 10.3. The average molecular weight is 117 g/mol. The minimum Gasteiger partial charge on any atom is -0.336 e. The molecule has 1 aliphatic rings. The molecule has 0 aliphatic carbocycles. The third kappa shape index (κ3) is 1.12. The Morgan fingerprint density at radius 1 is 1.75 bits per heavy atom. The highest BCUT2D eigenvalue weighted by molar-refractivity contribution is 5.61. The Morgan fingerprint density at radius 2 is 2.50 bits per heavy atom. The van der Waals surface area contributed by atoms with Crippen molar-refractivity contribution in [1.29, 1.82) is 0 Å². The normalized spacial score (nSPS) is 28.6. The SMILES string of the molecule is CC1CCOC(=[OH+])O1. The van der Waals surface area contributed by atoms with E-state index in [1.54, 1.807) is 0 Å². The number of hydrogen-bond acceptors (Lipinski definition) is 2. The van der Waals surface area contributed by atoms with Gasteiger partial charge in [-0.3, -0.25) is 0 Å². The molecule has 1 rings (SSSR count). The lowest BCUT2D eigenvalue weighted by Gasteiger charge is -2.08. The van der Waals surface area contributed by atoms with Crippen LogP contribution in [0.4, 0.5) is 0 Å². The van der Waals surface area contributed by atoms with Gasteiger partial charge < -0.3 is 14.3 Å². The molecular weight excluding hydrogens is 108 g/mol. The van der Waals surface area contributed by atoms with Gasteiger partial charge in [-0.1, -0.05) is 0 Å². The Morgan fingerprint density at radius 3 is 2.88 bits per heavy atom. The Balaban J connectivity index is 2.34. The zero-order valence-corrected chi connectivity index (χ0v) is 4.76. The van der Waals surface area contributed by atoms with E-state index in [1.165, 1.54) is 0 Å². The molecule has 0 spiro atoms. The molecule has 0 bridgehead atoms. The predicted octanol–water partition coefficient (Wildman–Crippen LogP) is 0.272. The zero-order chi connectivity index (χ0) is 5.98. The Hall–Kier alpha value is -0.730. The molecule has 8 heavy (non-hydrogen) atoms. The van der Waals surface area contributed by atoms with E-state index in [-0.39, 0.29) is 12.3 Å². The third-order valence-corrected chi connectivity index (χ3v) is 1.05. The van der Waals surface area contributed by atoms with Crippen LogP contribution in [-0.4, -0.2) is 23.7 Å². The summed E-state index contributed by atoms with van der Waals surface area (Å²) in [6.07, 6.45) is 0.664. The molecule has 1 N–H and O–H groups in total. The van der Waals surface area contributed by atoms with Gasteiger partial charge in [-0.05, 0) is 6.92 Å². The second-order valence-corrected chi connectivity index (χ2v) is 1.83. The standard InChI is InChI=1S/C5H8O3/c1-4-2-3-7-5(6)8-4/h4H,2-3H2,1H3/p+1. The molecule has 0 saturated carbocycles. The van der Waals surface area contributed by atoms with E-state index in [0.717, 1.165) is 6.42 Å². The van der Waals surface area contributed by atoms with Crippen molar-refractivity contribution < 1.29 is 14.3 Å². The third-order valence-electron chi connectivity index (χ3n) is 1.05. The minimum atomic E-state index is -0.288. The molecule has 46 valence electrons. The van der Waals surface area contributed by atoms with Gasteiger partial charge in [0.15, 0.2) is 12.7 Å². The first-order valence-corrected chi connectivity index (χ1v) is 2.64. The monoisotopic (exact) mass is 117 g/mol. The van der Waals surface area contributed by atoms with Crippen LogP contribution in [0, 0.1) is 0 Å². The highest BCUT2D eigenvalue weighted by Crippen LogP contribution is 2.04. The fourth-order valence-corrected chi connectivity index (χ4v) is 0.577. The Labute approximate surface area is 47.6 Å². The van der Waals surface area contributed by atoms with Gasteiger partial charge in [-0.2, -0.15) is 0 Å². The van der Waals surface area contributed by atoms with Gasteiger partial charge in [0.05, 0.1) is 6.42 Å².